The Hall–Kier alpha value is -1.46. The Morgan fingerprint density at radius 1 is 1.18 bits per heavy atom. The number of carbonyl (C=O) groups excluding carboxylic acids is 1. The number of aliphatic hydroxyl groups excluding tert-OH is 5. The van der Waals surface area contributed by atoms with Crippen molar-refractivity contribution >= 4 is 12.2 Å². The highest BCUT2D eigenvalue weighted by Gasteiger charge is 2.29. The second kappa shape index (κ2) is 9.74. The maximum Gasteiger partial charge on any atom is 0.208 e. The molecule has 0 saturated carbocycles. The summed E-state index contributed by atoms with van der Waals surface area (Å²) in [4.78, 5) is 9.90. The number of nitrogens with two attached hydrogens (primary N) is 3. The van der Waals surface area contributed by atoms with Crippen LogP contribution in [0.4, 0.5) is 0 Å². The van der Waals surface area contributed by atoms with Gasteiger partial charge in [-0.1, -0.05) is 0 Å². The van der Waals surface area contributed by atoms with Crippen molar-refractivity contribution < 1.29 is 30.3 Å². The van der Waals surface area contributed by atoms with Gasteiger partial charge < -0.3 is 47.6 Å². The molecule has 0 bridgehead atoms. The first-order valence-corrected chi connectivity index (χ1v) is 4.39. The van der Waals surface area contributed by atoms with Crippen LogP contribution in [0.5, 0.6) is 0 Å². The van der Waals surface area contributed by atoms with Crippen LogP contribution >= 0.6 is 0 Å². The van der Waals surface area contributed by atoms with Gasteiger partial charge in [-0.25, -0.2) is 0 Å². The average Bonchev–Trinajstić information content (AvgIpc) is 2.35. The molecule has 10 heteroatoms. The Labute approximate surface area is 97.0 Å². The van der Waals surface area contributed by atoms with E-state index >= 15 is 0 Å². The molecule has 0 aliphatic heterocycles. The van der Waals surface area contributed by atoms with E-state index in [1.165, 1.54) is 0 Å². The minimum atomic E-state index is -1.79. The quantitative estimate of drug-likeness (QED) is 0.0773. The van der Waals surface area contributed by atoms with Gasteiger partial charge in [0.25, 0.3) is 0 Å². The monoisotopic (exact) mass is 254 g/mol. The predicted octanol–water partition coefficient (Wildman–Crippen LogP) is -5.25. The molecule has 0 rings (SSSR count). The molecule has 17 heavy (non-hydrogen) atoms. The minimum absolute atomic E-state index is 0.0258. The molecular weight excluding hydrogens is 236 g/mol. The van der Waals surface area contributed by atoms with Gasteiger partial charge in [0, 0.05) is 0 Å². The molecule has 0 radical (unpaired) electrons. The van der Waals surface area contributed by atoms with Gasteiger partial charge in [-0.05, 0) is 0 Å². The average molecular weight is 254 g/mol. The summed E-state index contributed by atoms with van der Waals surface area (Å²) in [6.45, 7) is -0.760. The number of carbonyl (C=O) groups is 1. The van der Waals surface area contributed by atoms with Crippen molar-refractivity contribution in [3.8, 4) is 0 Å². The van der Waals surface area contributed by atoms with Crippen LogP contribution in [0.3, 0.4) is 0 Å². The van der Waals surface area contributed by atoms with Gasteiger partial charge in [0.15, 0.2) is 6.29 Å². The number of nitrogens with zero attached hydrogens (tertiary/aromatic N) is 1. The third kappa shape index (κ3) is 8.36. The van der Waals surface area contributed by atoms with Crippen LogP contribution in [0.15, 0.2) is 5.10 Å². The molecule has 0 heterocycles. The molecule has 10 nitrogen and oxygen atoms in total. The lowest BCUT2D eigenvalue weighted by Gasteiger charge is -2.22. The number of hydrazone groups is 1. The third-order valence-electron chi connectivity index (χ3n) is 1.57. The van der Waals surface area contributed by atoms with Gasteiger partial charge in [-0.2, -0.15) is 0 Å². The predicted molar refractivity (Wildman–Crippen MR) is 57.2 cm³/mol. The molecule has 0 amide bonds. The van der Waals surface area contributed by atoms with Gasteiger partial charge in [0.2, 0.25) is 5.96 Å². The summed E-state index contributed by atoms with van der Waals surface area (Å²) in [5.41, 5.74) is 9.39. The van der Waals surface area contributed by atoms with Crippen molar-refractivity contribution in [3.63, 3.8) is 0 Å². The van der Waals surface area contributed by atoms with E-state index in [9.17, 15) is 4.79 Å². The number of aliphatic hydroxyl groups is 5. The topological polar surface area (TPSA) is 209 Å². The van der Waals surface area contributed by atoms with Crippen LogP contribution in [0, 0.1) is 0 Å². The van der Waals surface area contributed by atoms with Crippen LogP contribution in [0.2, 0.25) is 0 Å². The molecule has 4 atom stereocenters. The summed E-state index contributed by atoms with van der Waals surface area (Å²) in [6, 6.07) is 0. The van der Waals surface area contributed by atoms with Gasteiger partial charge in [0.1, 0.15) is 24.4 Å². The normalized spacial score (nSPS) is 16.8. The van der Waals surface area contributed by atoms with E-state index < -0.39 is 31.0 Å². The first-order chi connectivity index (χ1) is 7.81. The van der Waals surface area contributed by atoms with E-state index in [1.807, 2.05) is 0 Å². The molecule has 0 aliphatic carbocycles. The highest BCUT2D eigenvalue weighted by Crippen LogP contribution is 2.02. The summed E-state index contributed by atoms with van der Waals surface area (Å²) in [7, 11) is 0. The van der Waals surface area contributed by atoms with E-state index in [-0.39, 0.29) is 12.2 Å². The summed E-state index contributed by atoms with van der Waals surface area (Å²) >= 11 is 0. The Bertz CT molecular complexity index is 234. The second-order valence-corrected chi connectivity index (χ2v) is 2.91. The van der Waals surface area contributed by atoms with E-state index in [2.05, 4.69) is 10.9 Å². The fraction of sp³-hybridized carbons (Fsp3) is 0.714. The zero-order valence-electron chi connectivity index (χ0n) is 8.92. The van der Waals surface area contributed by atoms with Gasteiger partial charge in [0.05, 0.1) is 6.61 Å². The zero-order valence-corrected chi connectivity index (χ0v) is 8.92. The Morgan fingerprint density at radius 3 is 1.82 bits per heavy atom. The van der Waals surface area contributed by atoms with Crippen LogP contribution < -0.4 is 17.3 Å². The van der Waals surface area contributed by atoms with E-state index in [4.69, 9.17) is 37.0 Å². The molecule has 0 fully saturated rings. The van der Waals surface area contributed by atoms with Crippen molar-refractivity contribution in [2.45, 2.75) is 24.4 Å². The molecule has 0 unspecified atom stereocenters. The first kappa shape index (κ1) is 17.9. The maximum atomic E-state index is 9.90. The van der Waals surface area contributed by atoms with Crippen molar-refractivity contribution in [1.29, 1.82) is 0 Å². The fourth-order valence-corrected chi connectivity index (χ4v) is 0.618. The Morgan fingerprint density at radius 2 is 1.59 bits per heavy atom. The number of rotatable bonds is 5. The standard InChI is InChI=1S/C6H12O6.CH6N4/c7-1-3(9)5(11)6(12)4(10)2-8;2-1(3)5-4/h1,3-6,8-12H,2H2;4H2,(H4,2,3,5)/t3-,4+,5+,6+;/m0./s1. The summed E-state index contributed by atoms with van der Waals surface area (Å²) < 4.78 is 0. The lowest BCUT2D eigenvalue weighted by molar-refractivity contribution is -0.136. The smallest absolute Gasteiger partial charge is 0.208 e. The highest BCUT2D eigenvalue weighted by molar-refractivity contribution is 5.75. The molecule has 0 aromatic carbocycles. The van der Waals surface area contributed by atoms with Crippen LogP contribution in [0.1, 0.15) is 0 Å². The van der Waals surface area contributed by atoms with Crippen molar-refractivity contribution in [2.24, 2.45) is 22.4 Å². The molecule has 0 saturated heterocycles. The molecular formula is C7H18N4O6. The van der Waals surface area contributed by atoms with E-state index in [1.54, 1.807) is 0 Å². The number of aldehydes is 1. The van der Waals surface area contributed by atoms with Gasteiger partial charge >= 0.3 is 0 Å². The summed E-state index contributed by atoms with van der Waals surface area (Å²) in [5, 5.41) is 46.4. The largest absolute Gasteiger partial charge is 0.394 e. The number of guanidine groups is 1. The van der Waals surface area contributed by atoms with Crippen LogP contribution in [0.25, 0.3) is 0 Å². The van der Waals surface area contributed by atoms with E-state index in [0.29, 0.717) is 0 Å². The van der Waals surface area contributed by atoms with Gasteiger partial charge in [-0.3, -0.25) is 0 Å². The van der Waals surface area contributed by atoms with Crippen molar-refractivity contribution in [2.75, 3.05) is 6.61 Å². The fourth-order valence-electron chi connectivity index (χ4n) is 0.618. The number of hydrogen-bond acceptors (Lipinski definition) is 8. The van der Waals surface area contributed by atoms with Crippen molar-refractivity contribution in [3.05, 3.63) is 0 Å². The molecule has 0 aliphatic rings. The molecule has 0 aromatic rings. The second-order valence-electron chi connectivity index (χ2n) is 2.91. The zero-order chi connectivity index (χ0) is 14.0. The Balaban J connectivity index is 0. The number of hydrogen-bond donors (Lipinski definition) is 8. The first-order valence-electron chi connectivity index (χ1n) is 4.39. The lowest BCUT2D eigenvalue weighted by Crippen LogP contribution is -2.46. The SMILES string of the molecule is NN=C(N)N.O=C[C@H](O)[C@@H](O)[C@H](O)[C@H](O)CO. The summed E-state index contributed by atoms with van der Waals surface area (Å²) in [5.74, 6) is 4.42. The van der Waals surface area contributed by atoms with Crippen LogP contribution in [-0.4, -0.2) is 68.8 Å². The molecule has 102 valence electrons. The minimum Gasteiger partial charge on any atom is -0.394 e. The van der Waals surface area contributed by atoms with Crippen LogP contribution in [-0.2, 0) is 4.79 Å². The third-order valence-corrected chi connectivity index (χ3v) is 1.57. The van der Waals surface area contributed by atoms with Gasteiger partial charge in [-0.15, -0.1) is 5.10 Å². The molecule has 0 spiro atoms. The highest BCUT2D eigenvalue weighted by atomic mass is 16.4. The summed E-state index contributed by atoms with van der Waals surface area (Å²) in [6.07, 6.45) is -6.84. The molecule has 0 aromatic heterocycles. The Kier molecular flexibility index (Phi) is 10.3. The van der Waals surface area contributed by atoms with E-state index in [0.717, 1.165) is 0 Å². The maximum absolute atomic E-state index is 9.90. The molecule has 11 N–H and O–H groups in total. The lowest BCUT2D eigenvalue weighted by atomic mass is 10.0. The van der Waals surface area contributed by atoms with Crippen molar-refractivity contribution in [1.82, 2.24) is 0 Å².